The lowest BCUT2D eigenvalue weighted by Gasteiger charge is -2.00. The molecule has 0 spiro atoms. The molecule has 0 amide bonds. The lowest BCUT2D eigenvalue weighted by atomic mass is 10.2. The first-order valence-electron chi connectivity index (χ1n) is 4.74. The van der Waals surface area contributed by atoms with Gasteiger partial charge >= 0.3 is 0 Å². The van der Waals surface area contributed by atoms with Gasteiger partial charge < -0.3 is 4.74 Å². The van der Waals surface area contributed by atoms with Crippen molar-refractivity contribution in [3.63, 3.8) is 0 Å². The Hall–Kier alpha value is -0.810. The molecule has 0 bridgehead atoms. The van der Waals surface area contributed by atoms with E-state index in [1.165, 1.54) is 6.92 Å². The molecule has 13 heavy (non-hydrogen) atoms. The van der Waals surface area contributed by atoms with Crippen molar-refractivity contribution in [1.29, 1.82) is 0 Å². The average Bonchev–Trinajstić information content (AvgIpc) is 2.09. The maximum absolute atomic E-state index is 10.5. The van der Waals surface area contributed by atoms with Gasteiger partial charge in [0.1, 0.15) is 6.61 Å². The normalized spacial score (nSPS) is 9.08. The Labute approximate surface area is 80.7 Å². The van der Waals surface area contributed by atoms with Gasteiger partial charge in [0.15, 0.2) is 5.78 Å². The Morgan fingerprint density at radius 3 is 2.69 bits per heavy atom. The fraction of sp³-hybridized carbons (Fsp3) is 0.727. The first-order valence-corrected chi connectivity index (χ1v) is 4.74. The Bertz CT molecular complexity index is 186. The molecule has 0 aromatic carbocycles. The smallest absolute Gasteiger partial charge is 0.155 e. The lowest BCUT2D eigenvalue weighted by molar-refractivity contribution is -0.121. The van der Waals surface area contributed by atoms with Gasteiger partial charge in [-0.25, -0.2) is 0 Å². The highest BCUT2D eigenvalue weighted by Crippen LogP contribution is 1.98. The minimum absolute atomic E-state index is 0.0943. The number of ether oxygens (including phenoxy) is 1. The third kappa shape index (κ3) is 11.2. The van der Waals surface area contributed by atoms with Crippen molar-refractivity contribution in [1.82, 2.24) is 0 Å². The van der Waals surface area contributed by atoms with Crippen LogP contribution in [-0.4, -0.2) is 19.0 Å². The molecule has 0 aliphatic carbocycles. The van der Waals surface area contributed by atoms with Crippen molar-refractivity contribution < 1.29 is 9.53 Å². The van der Waals surface area contributed by atoms with Crippen molar-refractivity contribution in [3.8, 4) is 11.8 Å². The fourth-order valence-electron chi connectivity index (χ4n) is 0.935. The van der Waals surface area contributed by atoms with Gasteiger partial charge in [-0.1, -0.05) is 6.42 Å². The molecule has 0 saturated heterocycles. The van der Waals surface area contributed by atoms with Gasteiger partial charge in [-0.3, -0.25) is 4.79 Å². The SMILES string of the molecule is CC#CCCCCCOCC(C)=O. The van der Waals surface area contributed by atoms with Crippen molar-refractivity contribution in [2.75, 3.05) is 13.2 Å². The van der Waals surface area contributed by atoms with Crippen LogP contribution in [-0.2, 0) is 9.53 Å². The first kappa shape index (κ1) is 12.2. The highest BCUT2D eigenvalue weighted by molar-refractivity contribution is 5.76. The zero-order chi connectivity index (χ0) is 9.94. The molecule has 0 radical (unpaired) electrons. The van der Waals surface area contributed by atoms with E-state index in [0.29, 0.717) is 6.61 Å². The van der Waals surface area contributed by atoms with Crippen LogP contribution in [0.5, 0.6) is 0 Å². The summed E-state index contributed by atoms with van der Waals surface area (Å²) in [7, 11) is 0. The molecule has 2 heteroatoms. The standard InChI is InChI=1S/C11H18O2/c1-3-4-5-6-7-8-9-13-10-11(2)12/h5-10H2,1-2H3. The van der Waals surface area contributed by atoms with Crippen molar-refractivity contribution in [3.05, 3.63) is 0 Å². The van der Waals surface area contributed by atoms with E-state index in [4.69, 9.17) is 4.74 Å². The van der Waals surface area contributed by atoms with Gasteiger partial charge in [0.25, 0.3) is 0 Å². The Morgan fingerprint density at radius 1 is 1.31 bits per heavy atom. The Kier molecular flexibility index (Phi) is 8.70. The predicted octanol–water partition coefficient (Wildman–Crippen LogP) is 2.18. The summed E-state index contributed by atoms with van der Waals surface area (Å²) in [5, 5.41) is 0. The van der Waals surface area contributed by atoms with Gasteiger partial charge in [0.05, 0.1) is 0 Å². The summed E-state index contributed by atoms with van der Waals surface area (Å²) >= 11 is 0. The monoisotopic (exact) mass is 182 g/mol. The minimum atomic E-state index is 0.0943. The molecule has 2 nitrogen and oxygen atoms in total. The van der Waals surface area contributed by atoms with Gasteiger partial charge in [-0.05, 0) is 26.7 Å². The zero-order valence-corrected chi connectivity index (χ0v) is 8.56. The van der Waals surface area contributed by atoms with Gasteiger partial charge in [-0.15, -0.1) is 11.8 Å². The third-order valence-electron chi connectivity index (χ3n) is 1.57. The second-order valence-corrected chi connectivity index (χ2v) is 2.99. The summed E-state index contributed by atoms with van der Waals surface area (Å²) in [5.41, 5.74) is 0. The molecular formula is C11H18O2. The van der Waals surface area contributed by atoms with Crippen molar-refractivity contribution >= 4 is 5.78 Å². The van der Waals surface area contributed by atoms with Gasteiger partial charge in [0, 0.05) is 13.0 Å². The van der Waals surface area contributed by atoms with Crippen LogP contribution in [0.2, 0.25) is 0 Å². The molecule has 74 valence electrons. The number of carbonyl (C=O) groups is 1. The zero-order valence-electron chi connectivity index (χ0n) is 8.56. The molecule has 0 fully saturated rings. The molecule has 0 saturated carbocycles. The second-order valence-electron chi connectivity index (χ2n) is 2.99. The van der Waals surface area contributed by atoms with Crippen LogP contribution < -0.4 is 0 Å². The second kappa shape index (κ2) is 9.28. The van der Waals surface area contributed by atoms with E-state index >= 15 is 0 Å². The fourth-order valence-corrected chi connectivity index (χ4v) is 0.935. The number of carbonyl (C=O) groups excluding carboxylic acids is 1. The Morgan fingerprint density at radius 2 is 2.08 bits per heavy atom. The highest BCUT2D eigenvalue weighted by Gasteiger charge is 1.92. The van der Waals surface area contributed by atoms with E-state index in [0.717, 1.165) is 25.7 Å². The predicted molar refractivity (Wildman–Crippen MR) is 53.4 cm³/mol. The quantitative estimate of drug-likeness (QED) is 0.445. The van der Waals surface area contributed by atoms with Gasteiger partial charge in [0.2, 0.25) is 0 Å². The topological polar surface area (TPSA) is 26.3 Å². The van der Waals surface area contributed by atoms with Gasteiger partial charge in [-0.2, -0.15) is 0 Å². The number of ketones is 1. The number of rotatable bonds is 7. The number of hydrogen-bond acceptors (Lipinski definition) is 2. The molecule has 0 N–H and O–H groups in total. The summed E-state index contributed by atoms with van der Waals surface area (Å²) in [5.74, 6) is 5.97. The largest absolute Gasteiger partial charge is 0.374 e. The van der Waals surface area contributed by atoms with Crippen LogP contribution in [0.25, 0.3) is 0 Å². The highest BCUT2D eigenvalue weighted by atomic mass is 16.5. The maximum Gasteiger partial charge on any atom is 0.155 e. The molecule has 0 aromatic rings. The average molecular weight is 182 g/mol. The molecule has 0 aromatic heterocycles. The summed E-state index contributed by atoms with van der Waals surface area (Å²) in [6.45, 7) is 4.35. The van der Waals surface area contributed by atoms with E-state index in [2.05, 4.69) is 11.8 Å². The molecule has 0 unspecified atom stereocenters. The first-order chi connectivity index (χ1) is 6.27. The molecule has 0 atom stereocenters. The summed E-state index contributed by atoms with van der Waals surface area (Å²) in [6, 6.07) is 0. The summed E-state index contributed by atoms with van der Waals surface area (Å²) in [4.78, 5) is 10.5. The summed E-state index contributed by atoms with van der Waals surface area (Å²) in [6.07, 6.45) is 4.26. The maximum atomic E-state index is 10.5. The molecule has 0 rings (SSSR count). The number of Topliss-reactive ketones (excluding diaryl/α,β-unsaturated/α-hetero) is 1. The van der Waals surface area contributed by atoms with Crippen LogP contribution >= 0.6 is 0 Å². The number of unbranched alkanes of at least 4 members (excludes halogenated alkanes) is 3. The van der Waals surface area contributed by atoms with E-state index in [1.807, 2.05) is 6.92 Å². The van der Waals surface area contributed by atoms with Crippen LogP contribution in [0.1, 0.15) is 39.5 Å². The van der Waals surface area contributed by atoms with E-state index in [1.54, 1.807) is 0 Å². The molecule has 0 aliphatic heterocycles. The van der Waals surface area contributed by atoms with Crippen LogP contribution in [0, 0.1) is 11.8 Å². The number of hydrogen-bond donors (Lipinski definition) is 0. The molecular weight excluding hydrogens is 164 g/mol. The van der Waals surface area contributed by atoms with Crippen molar-refractivity contribution in [2.45, 2.75) is 39.5 Å². The van der Waals surface area contributed by atoms with Crippen molar-refractivity contribution in [2.24, 2.45) is 0 Å². The van der Waals surface area contributed by atoms with Crippen LogP contribution in [0.3, 0.4) is 0 Å². The van der Waals surface area contributed by atoms with Crippen LogP contribution in [0.15, 0.2) is 0 Å². The van der Waals surface area contributed by atoms with E-state index in [9.17, 15) is 4.79 Å². The van der Waals surface area contributed by atoms with Crippen LogP contribution in [0.4, 0.5) is 0 Å². The minimum Gasteiger partial charge on any atom is -0.374 e. The Balaban J connectivity index is 2.98. The van der Waals surface area contributed by atoms with E-state index < -0.39 is 0 Å². The summed E-state index contributed by atoms with van der Waals surface area (Å²) < 4.78 is 5.12. The molecule has 0 heterocycles. The lowest BCUT2D eigenvalue weighted by Crippen LogP contribution is -2.04. The van der Waals surface area contributed by atoms with E-state index in [-0.39, 0.29) is 12.4 Å². The third-order valence-corrected chi connectivity index (χ3v) is 1.57. The molecule has 0 aliphatic rings.